The van der Waals surface area contributed by atoms with Gasteiger partial charge in [-0.3, -0.25) is 4.79 Å². The molecule has 1 amide bonds. The monoisotopic (exact) mass is 261 g/mol. The Bertz CT molecular complexity index is 623. The molecule has 1 atom stereocenters. The second kappa shape index (κ2) is 4.39. The molecule has 1 unspecified atom stereocenters. The lowest BCUT2D eigenvalue weighted by Crippen LogP contribution is -2.41. The summed E-state index contributed by atoms with van der Waals surface area (Å²) in [5, 5.41) is 0. The highest BCUT2D eigenvalue weighted by Gasteiger charge is 2.31. The van der Waals surface area contributed by atoms with Gasteiger partial charge in [0.25, 0.3) is 0 Å². The highest BCUT2D eigenvalue weighted by atomic mass is 16.1. The van der Waals surface area contributed by atoms with E-state index in [1.165, 1.54) is 0 Å². The number of rotatable bonds is 3. The molecule has 8 nitrogen and oxygen atoms in total. The van der Waals surface area contributed by atoms with Crippen LogP contribution in [0.1, 0.15) is 12.8 Å². The number of nitrogens with two attached hydrogens (primary N) is 2. The number of hydrazine groups is 1. The topological polar surface area (TPSA) is 115 Å². The highest BCUT2D eigenvalue weighted by Crippen LogP contribution is 2.27. The lowest BCUT2D eigenvalue weighted by Gasteiger charge is -2.23. The average Bonchev–Trinajstić information content (AvgIpc) is 3.05. The number of nitrogens with zero attached hydrogens (tertiary/aromatic N) is 4. The number of carbonyl (C=O) groups is 1. The smallest absolute Gasteiger partial charge is 0.240 e. The van der Waals surface area contributed by atoms with E-state index in [4.69, 9.17) is 11.6 Å². The highest BCUT2D eigenvalue weighted by molar-refractivity contribution is 5.85. The van der Waals surface area contributed by atoms with E-state index in [1.807, 2.05) is 9.30 Å². The van der Waals surface area contributed by atoms with Crippen molar-refractivity contribution in [2.45, 2.75) is 18.9 Å². The van der Waals surface area contributed by atoms with Crippen LogP contribution < -0.4 is 21.9 Å². The number of hydrogen-bond donors (Lipinski definition) is 3. The third kappa shape index (κ3) is 1.85. The maximum absolute atomic E-state index is 11.5. The standard InChI is InChI=1S/C11H15N7O/c12-9(19)7-2-1-4-18(7)11-10-14-3-5-17(10)6-8(15-11)16-13/h3,5-7,16H,1-2,4,13H2,(H2,12,19). The molecule has 3 heterocycles. The Labute approximate surface area is 109 Å². The van der Waals surface area contributed by atoms with Crippen molar-refractivity contribution in [1.82, 2.24) is 14.4 Å². The largest absolute Gasteiger partial charge is 0.368 e. The zero-order valence-corrected chi connectivity index (χ0v) is 10.3. The summed E-state index contributed by atoms with van der Waals surface area (Å²) in [5.74, 6) is 6.21. The molecular formula is C11H15N7O. The van der Waals surface area contributed by atoms with E-state index in [9.17, 15) is 4.79 Å². The summed E-state index contributed by atoms with van der Waals surface area (Å²) in [6, 6.07) is -0.332. The molecule has 0 aromatic carbocycles. The van der Waals surface area contributed by atoms with Gasteiger partial charge in [0.15, 0.2) is 17.3 Å². The number of primary amides is 1. The van der Waals surface area contributed by atoms with E-state index in [0.29, 0.717) is 17.3 Å². The number of imidazole rings is 1. The van der Waals surface area contributed by atoms with Crippen molar-refractivity contribution in [3.8, 4) is 0 Å². The van der Waals surface area contributed by atoms with Crippen LogP contribution in [0.25, 0.3) is 5.65 Å². The van der Waals surface area contributed by atoms with E-state index < -0.39 is 0 Å². The second-order valence-corrected chi connectivity index (χ2v) is 4.51. The Kier molecular flexibility index (Phi) is 2.71. The number of fused-ring (bicyclic) bond motifs is 1. The maximum atomic E-state index is 11.5. The lowest BCUT2D eigenvalue weighted by atomic mass is 10.2. The molecule has 2 aromatic heterocycles. The molecule has 100 valence electrons. The molecule has 1 aliphatic rings. The fraction of sp³-hybridized carbons (Fsp3) is 0.364. The van der Waals surface area contributed by atoms with Crippen LogP contribution >= 0.6 is 0 Å². The lowest BCUT2D eigenvalue weighted by molar-refractivity contribution is -0.119. The second-order valence-electron chi connectivity index (χ2n) is 4.51. The molecule has 5 N–H and O–H groups in total. The minimum absolute atomic E-state index is 0.332. The van der Waals surface area contributed by atoms with Gasteiger partial charge < -0.3 is 20.5 Å². The van der Waals surface area contributed by atoms with E-state index in [-0.39, 0.29) is 11.9 Å². The van der Waals surface area contributed by atoms with E-state index in [1.54, 1.807) is 18.6 Å². The fourth-order valence-electron chi connectivity index (χ4n) is 2.49. The van der Waals surface area contributed by atoms with E-state index in [0.717, 1.165) is 19.4 Å². The van der Waals surface area contributed by atoms with E-state index in [2.05, 4.69) is 15.4 Å². The molecule has 3 rings (SSSR count). The zero-order valence-electron chi connectivity index (χ0n) is 10.3. The third-order valence-corrected chi connectivity index (χ3v) is 3.36. The van der Waals surface area contributed by atoms with Gasteiger partial charge in [-0.2, -0.15) is 0 Å². The maximum Gasteiger partial charge on any atom is 0.240 e. The Balaban J connectivity index is 2.12. The first-order chi connectivity index (χ1) is 9.20. The van der Waals surface area contributed by atoms with Crippen molar-refractivity contribution in [1.29, 1.82) is 0 Å². The minimum Gasteiger partial charge on any atom is -0.368 e. The fourth-order valence-corrected chi connectivity index (χ4v) is 2.49. The molecule has 0 radical (unpaired) electrons. The number of nitrogens with one attached hydrogen (secondary N) is 1. The van der Waals surface area contributed by atoms with Gasteiger partial charge >= 0.3 is 0 Å². The van der Waals surface area contributed by atoms with Gasteiger partial charge in [-0.05, 0) is 12.8 Å². The van der Waals surface area contributed by atoms with Crippen molar-refractivity contribution < 1.29 is 4.79 Å². The van der Waals surface area contributed by atoms with Crippen LogP contribution in [-0.2, 0) is 4.79 Å². The van der Waals surface area contributed by atoms with Crippen LogP contribution in [0, 0.1) is 0 Å². The summed E-state index contributed by atoms with van der Waals surface area (Å²) >= 11 is 0. The molecule has 0 bridgehead atoms. The molecule has 8 heteroatoms. The van der Waals surface area contributed by atoms with Crippen molar-refractivity contribution in [3.05, 3.63) is 18.6 Å². The first-order valence-electron chi connectivity index (χ1n) is 6.07. The summed E-state index contributed by atoms with van der Waals surface area (Å²) in [5.41, 5.74) is 8.64. The van der Waals surface area contributed by atoms with Gasteiger partial charge in [0, 0.05) is 18.9 Å². The van der Waals surface area contributed by atoms with Crippen LogP contribution in [0.15, 0.2) is 18.6 Å². The summed E-state index contributed by atoms with van der Waals surface area (Å²) in [6.07, 6.45) is 6.86. The van der Waals surface area contributed by atoms with Gasteiger partial charge in [-0.25, -0.2) is 15.8 Å². The first-order valence-corrected chi connectivity index (χ1v) is 6.07. The quantitative estimate of drug-likeness (QED) is 0.505. The Hall–Kier alpha value is -2.35. The molecule has 2 aromatic rings. The SMILES string of the molecule is NNc1cn2ccnc2c(N2CCCC2C(N)=O)n1. The van der Waals surface area contributed by atoms with Crippen molar-refractivity contribution in [2.75, 3.05) is 16.9 Å². The average molecular weight is 261 g/mol. The predicted molar refractivity (Wildman–Crippen MR) is 70.4 cm³/mol. The van der Waals surface area contributed by atoms with Crippen LogP contribution in [0.5, 0.6) is 0 Å². The molecule has 1 saturated heterocycles. The van der Waals surface area contributed by atoms with Gasteiger partial charge in [0.1, 0.15) is 6.04 Å². The van der Waals surface area contributed by atoms with Crippen molar-refractivity contribution in [2.24, 2.45) is 11.6 Å². The van der Waals surface area contributed by atoms with Crippen LogP contribution in [-0.4, -0.2) is 32.9 Å². The van der Waals surface area contributed by atoms with Gasteiger partial charge in [-0.1, -0.05) is 0 Å². The minimum atomic E-state index is -0.338. The van der Waals surface area contributed by atoms with Crippen LogP contribution in [0.3, 0.4) is 0 Å². The van der Waals surface area contributed by atoms with Crippen molar-refractivity contribution in [3.63, 3.8) is 0 Å². The predicted octanol–water partition coefficient (Wildman–Crippen LogP) is -0.531. The normalized spacial score (nSPS) is 19.0. The van der Waals surface area contributed by atoms with Gasteiger partial charge in [0.05, 0.1) is 6.20 Å². The Morgan fingerprint density at radius 1 is 1.53 bits per heavy atom. The number of amides is 1. The number of aromatic nitrogens is 3. The summed E-state index contributed by atoms with van der Waals surface area (Å²) < 4.78 is 1.81. The summed E-state index contributed by atoms with van der Waals surface area (Å²) in [6.45, 7) is 0.733. The molecule has 0 spiro atoms. The number of nitrogen functional groups attached to an aromatic ring is 1. The molecule has 1 fully saturated rings. The molecule has 19 heavy (non-hydrogen) atoms. The van der Waals surface area contributed by atoms with Gasteiger partial charge in [0.2, 0.25) is 5.91 Å². The van der Waals surface area contributed by atoms with E-state index >= 15 is 0 Å². The van der Waals surface area contributed by atoms with Gasteiger partial charge in [-0.15, -0.1) is 0 Å². The number of hydrogen-bond acceptors (Lipinski definition) is 6. The van der Waals surface area contributed by atoms with Crippen LogP contribution in [0.2, 0.25) is 0 Å². The molecule has 0 saturated carbocycles. The molecule has 1 aliphatic heterocycles. The molecule has 0 aliphatic carbocycles. The summed E-state index contributed by atoms with van der Waals surface area (Å²) in [4.78, 5) is 22.1. The summed E-state index contributed by atoms with van der Waals surface area (Å²) in [7, 11) is 0. The number of anilines is 2. The van der Waals surface area contributed by atoms with Crippen LogP contribution in [0.4, 0.5) is 11.6 Å². The Morgan fingerprint density at radius 2 is 2.37 bits per heavy atom. The first kappa shape index (κ1) is 11.7. The molecular weight excluding hydrogens is 246 g/mol. The third-order valence-electron chi connectivity index (χ3n) is 3.36. The number of carbonyl (C=O) groups excluding carboxylic acids is 1. The zero-order chi connectivity index (χ0) is 13.4. The van der Waals surface area contributed by atoms with Crippen molar-refractivity contribution >= 4 is 23.2 Å². The Morgan fingerprint density at radius 3 is 3.11 bits per heavy atom.